The highest BCUT2D eigenvalue weighted by molar-refractivity contribution is 4.87. The minimum atomic E-state index is -0.201. The Morgan fingerprint density at radius 1 is 1.29 bits per heavy atom. The molecule has 0 radical (unpaired) electrons. The zero-order valence-corrected chi connectivity index (χ0v) is 10.5. The maximum Gasteiger partial charge on any atom is 0.0623 e. The van der Waals surface area contributed by atoms with Crippen molar-refractivity contribution in [3.05, 3.63) is 0 Å². The Morgan fingerprint density at radius 3 is 2.07 bits per heavy atom. The molecule has 0 aliphatic rings. The summed E-state index contributed by atoms with van der Waals surface area (Å²) in [6.07, 6.45) is 0. The molecular formula is C11H26N2O. The first-order valence-electron chi connectivity index (χ1n) is 5.39. The molecule has 0 rings (SSSR count). The minimum Gasteiger partial charge on any atom is -0.394 e. The number of nitrogens with one attached hydrogen (secondary N) is 1. The fourth-order valence-electron chi connectivity index (χ4n) is 1.57. The van der Waals surface area contributed by atoms with E-state index in [1.807, 2.05) is 0 Å². The smallest absolute Gasteiger partial charge is 0.0623 e. The van der Waals surface area contributed by atoms with Crippen LogP contribution in [0.5, 0.6) is 0 Å². The Labute approximate surface area is 88.5 Å². The van der Waals surface area contributed by atoms with Gasteiger partial charge in [-0.25, -0.2) is 0 Å². The summed E-state index contributed by atoms with van der Waals surface area (Å²) in [5.74, 6) is 0. The molecule has 0 fully saturated rings. The molecule has 3 nitrogen and oxygen atoms in total. The van der Waals surface area contributed by atoms with Crippen LogP contribution >= 0.6 is 0 Å². The number of hydrogen-bond acceptors (Lipinski definition) is 3. The van der Waals surface area contributed by atoms with Crippen LogP contribution in [-0.4, -0.2) is 47.8 Å². The maximum atomic E-state index is 9.38. The molecule has 0 aromatic carbocycles. The first-order valence-corrected chi connectivity index (χ1v) is 5.39. The molecule has 0 aromatic rings. The molecule has 2 N–H and O–H groups in total. The van der Waals surface area contributed by atoms with Crippen molar-refractivity contribution < 1.29 is 5.11 Å². The van der Waals surface area contributed by atoms with E-state index in [2.05, 4.69) is 51.9 Å². The predicted octanol–water partition coefficient (Wildman–Crippen LogP) is 1.08. The summed E-state index contributed by atoms with van der Waals surface area (Å²) in [6, 6.07) is 0.905. The van der Waals surface area contributed by atoms with Crippen LogP contribution in [0.25, 0.3) is 0 Å². The van der Waals surface area contributed by atoms with Gasteiger partial charge in [-0.1, -0.05) is 13.8 Å². The van der Waals surface area contributed by atoms with Gasteiger partial charge in [0, 0.05) is 18.6 Å². The molecule has 3 heteroatoms. The van der Waals surface area contributed by atoms with Crippen LogP contribution in [0.4, 0.5) is 0 Å². The van der Waals surface area contributed by atoms with Crippen molar-refractivity contribution in [2.24, 2.45) is 0 Å². The number of likely N-dealkylation sites (N-methyl/N-ethyl adjacent to an activating group) is 1. The lowest BCUT2D eigenvalue weighted by atomic mass is 10.0. The predicted molar refractivity (Wildman–Crippen MR) is 61.5 cm³/mol. The third-order valence-corrected chi connectivity index (χ3v) is 2.47. The van der Waals surface area contributed by atoms with Gasteiger partial charge < -0.3 is 15.3 Å². The zero-order chi connectivity index (χ0) is 11.4. The van der Waals surface area contributed by atoms with Crippen LogP contribution in [0.3, 0.4) is 0 Å². The summed E-state index contributed by atoms with van der Waals surface area (Å²) >= 11 is 0. The van der Waals surface area contributed by atoms with Crippen molar-refractivity contribution in [3.63, 3.8) is 0 Å². The molecule has 0 saturated heterocycles. The van der Waals surface area contributed by atoms with Crippen LogP contribution in [-0.2, 0) is 0 Å². The van der Waals surface area contributed by atoms with Gasteiger partial charge in [0.05, 0.1) is 12.1 Å². The Bertz CT molecular complexity index is 159. The van der Waals surface area contributed by atoms with Crippen LogP contribution in [0.15, 0.2) is 0 Å². The van der Waals surface area contributed by atoms with Crippen molar-refractivity contribution in [2.45, 2.75) is 52.2 Å². The largest absolute Gasteiger partial charge is 0.394 e. The van der Waals surface area contributed by atoms with Crippen molar-refractivity contribution in [2.75, 3.05) is 20.2 Å². The molecule has 0 saturated carbocycles. The van der Waals surface area contributed by atoms with E-state index in [-0.39, 0.29) is 12.1 Å². The van der Waals surface area contributed by atoms with Crippen LogP contribution in [0, 0.1) is 0 Å². The van der Waals surface area contributed by atoms with Crippen molar-refractivity contribution >= 4 is 0 Å². The number of nitrogens with zero attached hydrogens (tertiary/aromatic N) is 1. The number of hydrogen-bond donors (Lipinski definition) is 2. The summed E-state index contributed by atoms with van der Waals surface area (Å²) in [4.78, 5) is 2.24. The molecule has 0 heterocycles. The second-order valence-corrected chi connectivity index (χ2v) is 5.03. The van der Waals surface area contributed by atoms with E-state index in [0.29, 0.717) is 12.1 Å². The third-order valence-electron chi connectivity index (χ3n) is 2.47. The molecule has 0 spiro atoms. The first kappa shape index (κ1) is 13.9. The number of rotatable bonds is 6. The highest BCUT2D eigenvalue weighted by Crippen LogP contribution is 2.08. The van der Waals surface area contributed by atoms with Gasteiger partial charge in [-0.05, 0) is 27.8 Å². The zero-order valence-electron chi connectivity index (χ0n) is 10.5. The van der Waals surface area contributed by atoms with Crippen molar-refractivity contribution in [1.29, 1.82) is 0 Å². The topological polar surface area (TPSA) is 35.5 Å². The molecule has 1 unspecified atom stereocenters. The highest BCUT2D eigenvalue weighted by atomic mass is 16.3. The van der Waals surface area contributed by atoms with Crippen LogP contribution in [0.2, 0.25) is 0 Å². The lowest BCUT2D eigenvalue weighted by Crippen LogP contribution is -2.56. The van der Waals surface area contributed by atoms with E-state index in [1.165, 1.54) is 0 Å². The highest BCUT2D eigenvalue weighted by Gasteiger charge is 2.26. The fraction of sp³-hybridized carbons (Fsp3) is 1.00. The summed E-state index contributed by atoms with van der Waals surface area (Å²) < 4.78 is 0. The normalized spacial score (nSPS) is 16.7. The Hall–Kier alpha value is -0.120. The summed E-state index contributed by atoms with van der Waals surface area (Å²) in [5, 5.41) is 12.8. The van der Waals surface area contributed by atoms with Crippen molar-refractivity contribution in [3.8, 4) is 0 Å². The van der Waals surface area contributed by atoms with Gasteiger partial charge in [0.1, 0.15) is 0 Å². The Kier molecular flexibility index (Phi) is 5.64. The monoisotopic (exact) mass is 202 g/mol. The molecular weight excluding hydrogens is 176 g/mol. The van der Waals surface area contributed by atoms with Crippen LogP contribution in [0.1, 0.15) is 34.6 Å². The molecule has 0 aliphatic carbocycles. The summed E-state index contributed by atoms with van der Waals surface area (Å²) in [5.41, 5.74) is -0.201. The number of aliphatic hydroxyl groups is 1. The van der Waals surface area contributed by atoms with E-state index in [0.717, 1.165) is 6.54 Å². The van der Waals surface area contributed by atoms with Crippen LogP contribution < -0.4 is 5.32 Å². The van der Waals surface area contributed by atoms with E-state index < -0.39 is 0 Å². The molecule has 0 aliphatic heterocycles. The lowest BCUT2D eigenvalue weighted by Gasteiger charge is -2.36. The van der Waals surface area contributed by atoms with Gasteiger partial charge >= 0.3 is 0 Å². The van der Waals surface area contributed by atoms with E-state index >= 15 is 0 Å². The summed E-state index contributed by atoms with van der Waals surface area (Å²) in [6.45, 7) is 11.6. The van der Waals surface area contributed by atoms with Gasteiger partial charge in [0.15, 0.2) is 0 Å². The second-order valence-electron chi connectivity index (χ2n) is 5.03. The average Bonchev–Trinajstić information content (AvgIpc) is 2.02. The van der Waals surface area contributed by atoms with Gasteiger partial charge in [0.2, 0.25) is 0 Å². The standard InChI is InChI=1S/C11H26N2O/c1-9(2)12-11(5,8-14)7-13(6)10(3)4/h9-10,12,14H,7-8H2,1-6H3. The second kappa shape index (κ2) is 5.69. The minimum absolute atomic E-state index is 0.169. The SMILES string of the molecule is CC(C)NC(C)(CO)CN(C)C(C)C. The van der Waals surface area contributed by atoms with Gasteiger partial charge in [0.25, 0.3) is 0 Å². The molecule has 0 bridgehead atoms. The maximum absolute atomic E-state index is 9.38. The first-order chi connectivity index (χ1) is 6.30. The molecule has 0 aromatic heterocycles. The molecule has 1 atom stereocenters. The van der Waals surface area contributed by atoms with Gasteiger partial charge in [-0.2, -0.15) is 0 Å². The van der Waals surface area contributed by atoms with Crippen molar-refractivity contribution in [1.82, 2.24) is 10.2 Å². The third kappa shape index (κ3) is 4.94. The Balaban J connectivity index is 4.24. The Morgan fingerprint density at radius 2 is 1.79 bits per heavy atom. The summed E-state index contributed by atoms with van der Waals surface area (Å²) in [7, 11) is 2.08. The van der Waals surface area contributed by atoms with E-state index in [4.69, 9.17) is 0 Å². The quantitative estimate of drug-likeness (QED) is 0.676. The lowest BCUT2D eigenvalue weighted by molar-refractivity contribution is 0.112. The fourth-order valence-corrected chi connectivity index (χ4v) is 1.57. The van der Waals surface area contributed by atoms with Gasteiger partial charge in [-0.3, -0.25) is 0 Å². The van der Waals surface area contributed by atoms with Gasteiger partial charge in [-0.15, -0.1) is 0 Å². The molecule has 86 valence electrons. The molecule has 0 amide bonds. The molecule has 14 heavy (non-hydrogen) atoms. The average molecular weight is 202 g/mol. The van der Waals surface area contributed by atoms with E-state index in [9.17, 15) is 5.11 Å². The number of aliphatic hydroxyl groups excluding tert-OH is 1. The van der Waals surface area contributed by atoms with E-state index in [1.54, 1.807) is 0 Å².